The summed E-state index contributed by atoms with van der Waals surface area (Å²) >= 11 is 4.84. The van der Waals surface area contributed by atoms with Crippen LogP contribution < -0.4 is 16.0 Å². The first-order chi connectivity index (χ1) is 12.6. The zero-order chi connectivity index (χ0) is 18.4. The van der Waals surface area contributed by atoms with Crippen LogP contribution >= 0.6 is 12.2 Å². The first-order valence-electron chi connectivity index (χ1n) is 8.55. The average molecular weight is 366 g/mol. The van der Waals surface area contributed by atoms with Crippen molar-refractivity contribution in [3.63, 3.8) is 0 Å². The molecule has 26 heavy (non-hydrogen) atoms. The molecule has 2 aromatic carbocycles. The van der Waals surface area contributed by atoms with Crippen molar-refractivity contribution in [3.8, 4) is 0 Å². The minimum Gasteiger partial charge on any atom is -0.376 e. The third-order valence-corrected chi connectivity index (χ3v) is 4.41. The van der Waals surface area contributed by atoms with Crippen molar-refractivity contribution in [2.75, 3.05) is 36.4 Å². The molecular weight excluding hydrogens is 344 g/mol. The SMILES string of the molecule is NC(=S)Nc1ccc(N2CCN(C(=O)C=Cc3ccccc3)CC2)cc1. The highest BCUT2D eigenvalue weighted by Crippen LogP contribution is 2.19. The third-order valence-electron chi connectivity index (χ3n) is 4.31. The fourth-order valence-corrected chi connectivity index (χ4v) is 3.04. The van der Waals surface area contributed by atoms with Crippen LogP contribution in [0.4, 0.5) is 11.4 Å². The summed E-state index contributed by atoms with van der Waals surface area (Å²) in [5.74, 6) is 0.0597. The highest BCUT2D eigenvalue weighted by atomic mass is 32.1. The topological polar surface area (TPSA) is 61.6 Å². The molecule has 0 saturated carbocycles. The molecule has 3 N–H and O–H groups in total. The summed E-state index contributed by atoms with van der Waals surface area (Å²) in [6, 6.07) is 17.8. The van der Waals surface area contributed by atoms with Gasteiger partial charge in [0.2, 0.25) is 5.91 Å². The summed E-state index contributed by atoms with van der Waals surface area (Å²) in [4.78, 5) is 16.5. The molecule has 3 rings (SSSR count). The largest absolute Gasteiger partial charge is 0.376 e. The van der Waals surface area contributed by atoms with Crippen molar-refractivity contribution in [3.05, 3.63) is 66.2 Å². The van der Waals surface area contributed by atoms with Crippen molar-refractivity contribution in [1.82, 2.24) is 4.90 Å². The molecule has 1 saturated heterocycles. The van der Waals surface area contributed by atoms with Crippen LogP contribution in [0.1, 0.15) is 5.56 Å². The summed E-state index contributed by atoms with van der Waals surface area (Å²) in [5.41, 5.74) is 8.52. The highest BCUT2D eigenvalue weighted by Gasteiger charge is 2.19. The van der Waals surface area contributed by atoms with E-state index in [9.17, 15) is 4.79 Å². The second-order valence-corrected chi connectivity index (χ2v) is 6.53. The van der Waals surface area contributed by atoms with Gasteiger partial charge in [-0.3, -0.25) is 4.79 Å². The number of anilines is 2. The summed E-state index contributed by atoms with van der Waals surface area (Å²) in [6.45, 7) is 3.05. The van der Waals surface area contributed by atoms with E-state index in [1.54, 1.807) is 6.08 Å². The predicted octanol–water partition coefficient (Wildman–Crippen LogP) is 2.70. The number of nitrogens with zero attached hydrogens (tertiary/aromatic N) is 2. The van der Waals surface area contributed by atoms with Gasteiger partial charge >= 0.3 is 0 Å². The number of amides is 1. The van der Waals surface area contributed by atoms with E-state index in [-0.39, 0.29) is 11.0 Å². The zero-order valence-corrected chi connectivity index (χ0v) is 15.3. The number of benzene rings is 2. The Kier molecular flexibility index (Phi) is 5.86. The average Bonchev–Trinajstić information content (AvgIpc) is 2.67. The molecule has 2 aromatic rings. The summed E-state index contributed by atoms with van der Waals surface area (Å²) in [6.07, 6.45) is 3.52. The van der Waals surface area contributed by atoms with Gasteiger partial charge in [-0.2, -0.15) is 0 Å². The monoisotopic (exact) mass is 366 g/mol. The highest BCUT2D eigenvalue weighted by molar-refractivity contribution is 7.80. The first kappa shape index (κ1) is 17.9. The molecule has 1 aliphatic heterocycles. The number of piperazine rings is 1. The Morgan fingerprint density at radius 1 is 1.00 bits per heavy atom. The predicted molar refractivity (Wildman–Crippen MR) is 111 cm³/mol. The molecule has 0 spiro atoms. The lowest BCUT2D eigenvalue weighted by Gasteiger charge is -2.35. The van der Waals surface area contributed by atoms with Crippen LogP contribution in [0.3, 0.4) is 0 Å². The maximum Gasteiger partial charge on any atom is 0.246 e. The Morgan fingerprint density at radius 3 is 2.27 bits per heavy atom. The van der Waals surface area contributed by atoms with Crippen LogP contribution in [0, 0.1) is 0 Å². The lowest BCUT2D eigenvalue weighted by Crippen LogP contribution is -2.48. The van der Waals surface area contributed by atoms with Crippen LogP contribution in [-0.2, 0) is 4.79 Å². The molecule has 1 heterocycles. The molecule has 5 nitrogen and oxygen atoms in total. The number of carbonyl (C=O) groups excluding carboxylic acids is 1. The molecule has 1 aliphatic rings. The van der Waals surface area contributed by atoms with E-state index in [1.165, 1.54) is 0 Å². The van der Waals surface area contributed by atoms with E-state index in [0.717, 1.165) is 30.0 Å². The van der Waals surface area contributed by atoms with Gasteiger partial charge < -0.3 is 20.9 Å². The number of rotatable bonds is 4. The van der Waals surface area contributed by atoms with Gasteiger partial charge in [-0.25, -0.2) is 0 Å². The summed E-state index contributed by atoms with van der Waals surface area (Å²) in [5, 5.41) is 3.17. The van der Waals surface area contributed by atoms with E-state index in [1.807, 2.05) is 65.6 Å². The fraction of sp³-hybridized carbons (Fsp3) is 0.200. The van der Waals surface area contributed by atoms with Crippen molar-refractivity contribution in [2.45, 2.75) is 0 Å². The van der Waals surface area contributed by atoms with Crippen LogP contribution in [-0.4, -0.2) is 42.1 Å². The zero-order valence-electron chi connectivity index (χ0n) is 14.5. The molecule has 1 fully saturated rings. The lowest BCUT2D eigenvalue weighted by atomic mass is 10.2. The first-order valence-corrected chi connectivity index (χ1v) is 8.96. The van der Waals surface area contributed by atoms with Crippen molar-refractivity contribution in [1.29, 1.82) is 0 Å². The van der Waals surface area contributed by atoms with E-state index in [0.29, 0.717) is 13.1 Å². The minimum absolute atomic E-state index is 0.0597. The van der Waals surface area contributed by atoms with Crippen LogP contribution in [0.15, 0.2) is 60.7 Å². The van der Waals surface area contributed by atoms with E-state index >= 15 is 0 Å². The molecule has 0 radical (unpaired) electrons. The van der Waals surface area contributed by atoms with Crippen LogP contribution in [0.5, 0.6) is 0 Å². The molecule has 0 atom stereocenters. The Balaban J connectivity index is 1.53. The van der Waals surface area contributed by atoms with E-state index in [4.69, 9.17) is 18.0 Å². The van der Waals surface area contributed by atoms with Gasteiger partial charge in [0.05, 0.1) is 0 Å². The van der Waals surface area contributed by atoms with E-state index < -0.39 is 0 Å². The minimum atomic E-state index is 0.0597. The standard InChI is InChI=1S/C20H22N4OS/c21-20(26)22-17-7-9-18(10-8-17)23-12-14-24(15-13-23)19(25)11-6-16-4-2-1-3-5-16/h1-11H,12-15H2,(H3,21,22,26). The molecule has 0 aliphatic carbocycles. The van der Waals surface area contributed by atoms with Gasteiger partial charge in [0.15, 0.2) is 5.11 Å². The van der Waals surface area contributed by atoms with Gasteiger partial charge in [-0.05, 0) is 48.1 Å². The number of nitrogens with one attached hydrogen (secondary N) is 1. The van der Waals surface area contributed by atoms with Crippen molar-refractivity contribution < 1.29 is 4.79 Å². The molecule has 1 amide bonds. The normalized spacial score (nSPS) is 14.5. The van der Waals surface area contributed by atoms with Gasteiger partial charge in [0, 0.05) is 43.6 Å². The second-order valence-electron chi connectivity index (χ2n) is 6.09. The number of carbonyl (C=O) groups is 1. The number of thiocarbonyl (C=S) groups is 1. The maximum absolute atomic E-state index is 12.4. The number of hydrogen-bond donors (Lipinski definition) is 2. The number of hydrogen-bond acceptors (Lipinski definition) is 3. The van der Waals surface area contributed by atoms with Crippen LogP contribution in [0.2, 0.25) is 0 Å². The maximum atomic E-state index is 12.4. The van der Waals surface area contributed by atoms with Gasteiger partial charge in [0.25, 0.3) is 0 Å². The third kappa shape index (κ3) is 4.83. The van der Waals surface area contributed by atoms with Crippen LogP contribution in [0.25, 0.3) is 6.08 Å². The number of nitrogens with two attached hydrogens (primary N) is 1. The quantitative estimate of drug-likeness (QED) is 0.644. The lowest BCUT2D eigenvalue weighted by molar-refractivity contribution is -0.126. The summed E-state index contributed by atoms with van der Waals surface area (Å²) in [7, 11) is 0. The second kappa shape index (κ2) is 8.49. The summed E-state index contributed by atoms with van der Waals surface area (Å²) < 4.78 is 0. The Labute approximate surface area is 159 Å². The molecule has 6 heteroatoms. The van der Waals surface area contributed by atoms with Gasteiger partial charge in [-0.15, -0.1) is 0 Å². The Hall–Kier alpha value is -2.86. The molecule has 0 unspecified atom stereocenters. The smallest absolute Gasteiger partial charge is 0.246 e. The fourth-order valence-electron chi connectivity index (χ4n) is 2.92. The van der Waals surface area contributed by atoms with Gasteiger partial charge in [-0.1, -0.05) is 30.3 Å². The molecule has 0 aromatic heterocycles. The molecule has 134 valence electrons. The molecule has 0 bridgehead atoms. The van der Waals surface area contributed by atoms with Crippen molar-refractivity contribution in [2.24, 2.45) is 5.73 Å². The molecular formula is C20H22N4OS. The van der Waals surface area contributed by atoms with Crippen molar-refractivity contribution >= 4 is 40.7 Å². The Bertz CT molecular complexity index is 781. The van der Waals surface area contributed by atoms with E-state index in [2.05, 4.69) is 10.2 Å². The van der Waals surface area contributed by atoms with Gasteiger partial charge in [0.1, 0.15) is 0 Å². The Morgan fingerprint density at radius 2 is 1.65 bits per heavy atom.